The van der Waals surface area contributed by atoms with E-state index in [1.807, 2.05) is 12.1 Å². The van der Waals surface area contributed by atoms with Crippen LogP contribution in [0.2, 0.25) is 5.02 Å². The Bertz CT molecular complexity index is 1120. The number of rotatable bonds is 4. The van der Waals surface area contributed by atoms with Crippen LogP contribution in [0.25, 0.3) is 22.0 Å². The predicted octanol–water partition coefficient (Wildman–Crippen LogP) is 6.26. The smallest absolute Gasteiger partial charge is 0.0929 e. The Labute approximate surface area is 176 Å². The van der Waals surface area contributed by atoms with Crippen LogP contribution in [0.1, 0.15) is 30.0 Å². The van der Waals surface area contributed by atoms with Crippen LogP contribution in [0.4, 0.5) is 0 Å². The number of hydrogen-bond acceptors (Lipinski definition) is 2. The molecule has 1 saturated heterocycles. The summed E-state index contributed by atoms with van der Waals surface area (Å²) in [5.41, 5.74) is 4.79. The molecule has 0 bridgehead atoms. The zero-order chi connectivity index (χ0) is 19.6. The third kappa shape index (κ3) is 3.93. The second kappa shape index (κ2) is 8.02. The maximum atomic E-state index is 6.13. The van der Waals surface area contributed by atoms with Crippen molar-refractivity contribution in [3.05, 3.63) is 89.1 Å². The zero-order valence-electron chi connectivity index (χ0n) is 16.3. The minimum Gasteiger partial charge on any atom is -0.299 e. The van der Waals surface area contributed by atoms with Crippen LogP contribution in [-0.2, 0) is 6.54 Å². The number of aromatic amines is 1. The van der Waals surface area contributed by atoms with Crippen LogP contribution in [0, 0.1) is 0 Å². The summed E-state index contributed by atoms with van der Waals surface area (Å²) in [7, 11) is 0. The number of hydrogen-bond donors (Lipinski definition) is 1. The lowest BCUT2D eigenvalue weighted by molar-refractivity contribution is 0.203. The maximum absolute atomic E-state index is 6.13. The minimum atomic E-state index is 0.543. The molecule has 1 aliphatic rings. The number of H-pyrrole nitrogens is 1. The fourth-order valence-electron chi connectivity index (χ4n) is 4.43. The van der Waals surface area contributed by atoms with Gasteiger partial charge >= 0.3 is 0 Å². The third-order valence-electron chi connectivity index (χ3n) is 5.99. The van der Waals surface area contributed by atoms with E-state index < -0.39 is 0 Å². The Hall–Kier alpha value is -2.62. The molecule has 1 aliphatic heterocycles. The summed E-state index contributed by atoms with van der Waals surface area (Å²) in [4.78, 5) is 2.52. The van der Waals surface area contributed by atoms with Crippen molar-refractivity contribution in [3.63, 3.8) is 0 Å². The van der Waals surface area contributed by atoms with Crippen molar-refractivity contribution in [1.82, 2.24) is 15.1 Å². The number of fused-ring (bicyclic) bond motifs is 1. The molecule has 0 atom stereocenters. The molecule has 1 N–H and O–H groups in total. The number of aromatic nitrogens is 2. The Kier molecular flexibility index (Phi) is 5.09. The number of piperidine rings is 1. The van der Waals surface area contributed by atoms with Gasteiger partial charge in [-0.2, -0.15) is 5.10 Å². The Morgan fingerprint density at radius 2 is 1.72 bits per heavy atom. The second-order valence-electron chi connectivity index (χ2n) is 7.92. The first-order valence-corrected chi connectivity index (χ1v) is 10.6. The van der Waals surface area contributed by atoms with Crippen LogP contribution < -0.4 is 0 Å². The van der Waals surface area contributed by atoms with Crippen LogP contribution in [0.3, 0.4) is 0 Å². The molecule has 3 nitrogen and oxygen atoms in total. The third-order valence-corrected chi connectivity index (χ3v) is 6.22. The van der Waals surface area contributed by atoms with Gasteiger partial charge in [0.25, 0.3) is 0 Å². The van der Waals surface area contributed by atoms with E-state index in [-0.39, 0.29) is 0 Å². The lowest BCUT2D eigenvalue weighted by Crippen LogP contribution is -2.32. The summed E-state index contributed by atoms with van der Waals surface area (Å²) >= 11 is 6.13. The molecule has 0 unspecified atom stereocenters. The monoisotopic (exact) mass is 401 g/mol. The largest absolute Gasteiger partial charge is 0.299 e. The molecule has 0 spiro atoms. The summed E-state index contributed by atoms with van der Waals surface area (Å²) < 4.78 is 0. The Balaban J connectivity index is 1.28. The molecule has 4 heteroatoms. The first kappa shape index (κ1) is 18.4. The highest BCUT2D eigenvalue weighted by atomic mass is 35.5. The number of nitrogens with one attached hydrogen (secondary N) is 1. The average Bonchev–Trinajstić information content (AvgIpc) is 3.24. The fraction of sp³-hybridized carbons (Fsp3) is 0.240. The number of likely N-dealkylation sites (tertiary alicyclic amines) is 1. The highest BCUT2D eigenvalue weighted by molar-refractivity contribution is 6.30. The fourth-order valence-corrected chi connectivity index (χ4v) is 4.64. The standard InChI is InChI=1S/C25H24ClN3/c26-21-8-3-5-18(15-21)17-29-13-11-20(12-14-29)24-16-25(28-27-24)23-10-4-7-19-6-1-2-9-22(19)23/h1-10,15-16,20H,11-14,17H2,(H,27,28). The van der Waals surface area contributed by atoms with Gasteiger partial charge in [-0.05, 0) is 60.5 Å². The number of nitrogens with zero attached hydrogens (tertiary/aromatic N) is 2. The van der Waals surface area contributed by atoms with Crippen LogP contribution in [-0.4, -0.2) is 28.2 Å². The summed E-state index contributed by atoms with van der Waals surface area (Å²) in [6.07, 6.45) is 2.30. The van der Waals surface area contributed by atoms with E-state index >= 15 is 0 Å². The van der Waals surface area contributed by atoms with E-state index in [2.05, 4.69) is 75.8 Å². The Morgan fingerprint density at radius 1 is 0.931 bits per heavy atom. The van der Waals surface area contributed by atoms with Gasteiger partial charge in [-0.25, -0.2) is 0 Å². The highest BCUT2D eigenvalue weighted by Crippen LogP contribution is 2.32. The van der Waals surface area contributed by atoms with Gasteiger partial charge in [0.2, 0.25) is 0 Å². The van der Waals surface area contributed by atoms with E-state index in [0.717, 1.165) is 43.2 Å². The topological polar surface area (TPSA) is 31.9 Å². The number of halogens is 1. The van der Waals surface area contributed by atoms with E-state index in [1.165, 1.54) is 27.6 Å². The van der Waals surface area contributed by atoms with Gasteiger partial charge in [-0.15, -0.1) is 0 Å². The molecular formula is C25H24ClN3. The first-order chi connectivity index (χ1) is 14.3. The van der Waals surface area contributed by atoms with Gasteiger partial charge in [0.05, 0.1) is 5.69 Å². The molecule has 2 heterocycles. The van der Waals surface area contributed by atoms with Crippen LogP contribution in [0.5, 0.6) is 0 Å². The molecule has 0 saturated carbocycles. The summed E-state index contributed by atoms with van der Waals surface area (Å²) in [6.45, 7) is 3.16. The van der Waals surface area contributed by atoms with E-state index in [1.54, 1.807) is 0 Å². The average molecular weight is 402 g/mol. The first-order valence-electron chi connectivity index (χ1n) is 10.3. The summed E-state index contributed by atoms with van der Waals surface area (Å²) in [5.74, 6) is 0.543. The van der Waals surface area contributed by atoms with Gasteiger partial charge in [0.1, 0.15) is 0 Å². The minimum absolute atomic E-state index is 0.543. The van der Waals surface area contributed by atoms with Gasteiger partial charge in [0, 0.05) is 28.7 Å². The van der Waals surface area contributed by atoms with Crippen molar-refractivity contribution in [2.24, 2.45) is 0 Å². The van der Waals surface area contributed by atoms with Crippen molar-refractivity contribution >= 4 is 22.4 Å². The molecule has 0 amide bonds. The van der Waals surface area contributed by atoms with Crippen molar-refractivity contribution in [2.75, 3.05) is 13.1 Å². The second-order valence-corrected chi connectivity index (χ2v) is 8.35. The zero-order valence-corrected chi connectivity index (χ0v) is 17.1. The SMILES string of the molecule is Clc1cccc(CN2CCC(c3cc(-c4cccc5ccccc45)n[nH]3)CC2)c1. The molecule has 146 valence electrons. The lowest BCUT2D eigenvalue weighted by Gasteiger charge is -2.31. The van der Waals surface area contributed by atoms with E-state index in [9.17, 15) is 0 Å². The molecule has 0 radical (unpaired) electrons. The van der Waals surface area contributed by atoms with Crippen molar-refractivity contribution < 1.29 is 0 Å². The quantitative estimate of drug-likeness (QED) is 0.437. The predicted molar refractivity (Wildman–Crippen MR) is 120 cm³/mol. The molecule has 1 fully saturated rings. The van der Waals surface area contributed by atoms with Gasteiger partial charge < -0.3 is 0 Å². The van der Waals surface area contributed by atoms with Crippen LogP contribution in [0.15, 0.2) is 72.8 Å². The van der Waals surface area contributed by atoms with Crippen LogP contribution >= 0.6 is 11.6 Å². The molecule has 3 aromatic carbocycles. The van der Waals surface area contributed by atoms with Crippen molar-refractivity contribution in [1.29, 1.82) is 0 Å². The van der Waals surface area contributed by atoms with Gasteiger partial charge in [0.15, 0.2) is 0 Å². The number of benzene rings is 3. The molecular weight excluding hydrogens is 378 g/mol. The molecule has 1 aromatic heterocycles. The van der Waals surface area contributed by atoms with Gasteiger partial charge in [-0.1, -0.05) is 66.2 Å². The molecule has 5 rings (SSSR count). The highest BCUT2D eigenvalue weighted by Gasteiger charge is 2.22. The lowest BCUT2D eigenvalue weighted by atomic mass is 9.92. The van der Waals surface area contributed by atoms with Crippen molar-refractivity contribution in [2.45, 2.75) is 25.3 Å². The molecule has 0 aliphatic carbocycles. The molecule has 4 aromatic rings. The normalized spacial score (nSPS) is 15.8. The maximum Gasteiger partial charge on any atom is 0.0929 e. The summed E-state index contributed by atoms with van der Waals surface area (Å²) in [5, 5.41) is 11.3. The van der Waals surface area contributed by atoms with Crippen molar-refractivity contribution in [3.8, 4) is 11.3 Å². The molecule has 29 heavy (non-hydrogen) atoms. The van der Waals surface area contributed by atoms with E-state index in [4.69, 9.17) is 11.6 Å². The summed E-state index contributed by atoms with van der Waals surface area (Å²) in [6, 6.07) is 25.4. The van der Waals surface area contributed by atoms with E-state index in [0.29, 0.717) is 5.92 Å². The van der Waals surface area contributed by atoms with Gasteiger partial charge in [-0.3, -0.25) is 10.00 Å². The Morgan fingerprint density at radius 3 is 2.59 bits per heavy atom.